The second-order valence-corrected chi connectivity index (χ2v) is 3.66. The van der Waals surface area contributed by atoms with Gasteiger partial charge in [0.1, 0.15) is 0 Å². The summed E-state index contributed by atoms with van der Waals surface area (Å²) in [6.45, 7) is 2.42. The van der Waals surface area contributed by atoms with Crippen molar-refractivity contribution in [3.8, 4) is 0 Å². The number of aliphatic carboxylic acids is 1. The smallest absolute Gasteiger partial charge is 0.550 e. The molecule has 14 heavy (non-hydrogen) atoms. The third-order valence-electron chi connectivity index (χ3n) is 2.45. The second-order valence-electron chi connectivity index (χ2n) is 3.66. The van der Waals surface area contributed by atoms with Crippen molar-refractivity contribution in [1.29, 1.82) is 0 Å². The molecule has 0 aliphatic carbocycles. The molecule has 1 spiro atoms. The number of ether oxygens (including phenoxy) is 2. The van der Waals surface area contributed by atoms with Crippen LogP contribution in [0, 0.1) is 0 Å². The van der Waals surface area contributed by atoms with E-state index in [-0.39, 0.29) is 36.9 Å². The molecule has 0 aromatic carbocycles. The number of carbonyl (C=O) groups is 1. The van der Waals surface area contributed by atoms with Crippen LogP contribution in [0.25, 0.3) is 0 Å². The molecule has 2 heterocycles. The van der Waals surface area contributed by atoms with Crippen molar-refractivity contribution >= 4 is 5.97 Å². The van der Waals surface area contributed by atoms with Crippen LogP contribution in [0.3, 0.4) is 0 Å². The maximum Gasteiger partial charge on any atom is 1.00 e. The third kappa shape index (κ3) is 2.50. The molecule has 0 saturated carbocycles. The van der Waals surface area contributed by atoms with Gasteiger partial charge < -0.3 is 24.7 Å². The van der Waals surface area contributed by atoms with Crippen LogP contribution in [0.2, 0.25) is 0 Å². The quantitative estimate of drug-likeness (QED) is 0.444. The molecule has 6 heteroatoms. The Morgan fingerprint density at radius 1 is 1.50 bits per heavy atom. The fourth-order valence-electron chi connectivity index (χ4n) is 1.57. The van der Waals surface area contributed by atoms with Gasteiger partial charge in [-0.1, -0.05) is 0 Å². The van der Waals surface area contributed by atoms with Gasteiger partial charge in [0.2, 0.25) is 0 Å². The Labute approximate surface area is 94.3 Å². The Morgan fingerprint density at radius 2 is 2.21 bits per heavy atom. The van der Waals surface area contributed by atoms with Gasteiger partial charge in [-0.05, 0) is 0 Å². The van der Waals surface area contributed by atoms with Gasteiger partial charge in [0, 0.05) is 18.9 Å². The number of carboxylic acid groups (broad SMARTS) is 1. The average molecular weight is 193 g/mol. The van der Waals surface area contributed by atoms with Crippen LogP contribution in [0.5, 0.6) is 0 Å². The molecule has 0 radical (unpaired) electrons. The number of hydrogen-bond donors (Lipinski definition) is 1. The minimum Gasteiger partial charge on any atom is -0.550 e. The molecular formula is C8H12LiNO4. The SMILES string of the molecule is O=C([O-])CC1CNC2(COC2)CO1.[Li+]. The molecule has 0 aromatic heterocycles. The Kier molecular flexibility index (Phi) is 3.99. The maximum absolute atomic E-state index is 10.3. The first kappa shape index (κ1) is 12.0. The first-order valence-electron chi connectivity index (χ1n) is 4.34. The van der Waals surface area contributed by atoms with E-state index in [1.807, 2.05) is 0 Å². The zero-order valence-electron chi connectivity index (χ0n) is 8.25. The van der Waals surface area contributed by atoms with E-state index >= 15 is 0 Å². The van der Waals surface area contributed by atoms with Gasteiger partial charge in [-0.25, -0.2) is 0 Å². The van der Waals surface area contributed by atoms with E-state index in [2.05, 4.69) is 5.32 Å². The molecular weight excluding hydrogens is 181 g/mol. The monoisotopic (exact) mass is 193 g/mol. The normalized spacial score (nSPS) is 29.0. The molecule has 5 nitrogen and oxygen atoms in total. The zero-order chi connectivity index (χ0) is 9.31. The number of carboxylic acids is 1. The van der Waals surface area contributed by atoms with Crippen molar-refractivity contribution in [3.63, 3.8) is 0 Å². The Hall–Kier alpha value is -0.0526. The van der Waals surface area contributed by atoms with Crippen LogP contribution in [-0.4, -0.2) is 44.0 Å². The molecule has 1 unspecified atom stereocenters. The van der Waals surface area contributed by atoms with Gasteiger partial charge in [0.05, 0.1) is 31.5 Å². The fourth-order valence-corrected chi connectivity index (χ4v) is 1.57. The average Bonchev–Trinajstić information content (AvgIpc) is 2.02. The van der Waals surface area contributed by atoms with Crippen molar-refractivity contribution in [3.05, 3.63) is 0 Å². The molecule has 0 bridgehead atoms. The van der Waals surface area contributed by atoms with Gasteiger partial charge >= 0.3 is 18.9 Å². The van der Waals surface area contributed by atoms with Crippen molar-refractivity contribution in [2.45, 2.75) is 18.1 Å². The molecule has 2 aliphatic heterocycles. The van der Waals surface area contributed by atoms with Crippen LogP contribution < -0.4 is 29.3 Å². The molecule has 2 rings (SSSR count). The van der Waals surface area contributed by atoms with E-state index in [0.29, 0.717) is 26.4 Å². The topological polar surface area (TPSA) is 70.6 Å². The number of rotatable bonds is 2. The van der Waals surface area contributed by atoms with Crippen molar-refractivity contribution < 1.29 is 38.2 Å². The van der Waals surface area contributed by atoms with E-state index in [9.17, 15) is 9.90 Å². The first-order chi connectivity index (χ1) is 6.20. The largest absolute Gasteiger partial charge is 1.00 e. The minimum atomic E-state index is -1.06. The summed E-state index contributed by atoms with van der Waals surface area (Å²) in [5.41, 5.74) is -0.0393. The Bertz CT molecular complexity index is 209. The van der Waals surface area contributed by atoms with E-state index in [1.54, 1.807) is 0 Å². The van der Waals surface area contributed by atoms with E-state index in [4.69, 9.17) is 9.47 Å². The van der Waals surface area contributed by atoms with Gasteiger partial charge in [0.15, 0.2) is 0 Å². The summed E-state index contributed by atoms with van der Waals surface area (Å²) in [5.74, 6) is -1.06. The zero-order valence-corrected chi connectivity index (χ0v) is 8.25. The minimum absolute atomic E-state index is 0. The Balaban J connectivity index is 0.000000980. The van der Waals surface area contributed by atoms with Crippen LogP contribution >= 0.6 is 0 Å². The van der Waals surface area contributed by atoms with E-state index in [1.165, 1.54) is 0 Å². The summed E-state index contributed by atoms with van der Waals surface area (Å²) in [6.07, 6.45) is -0.291. The van der Waals surface area contributed by atoms with Gasteiger partial charge in [-0.2, -0.15) is 0 Å². The summed E-state index contributed by atoms with van der Waals surface area (Å²) >= 11 is 0. The van der Waals surface area contributed by atoms with Crippen molar-refractivity contribution in [2.24, 2.45) is 0 Å². The first-order valence-corrected chi connectivity index (χ1v) is 4.34. The molecule has 2 saturated heterocycles. The van der Waals surface area contributed by atoms with E-state index in [0.717, 1.165) is 0 Å². The number of hydrogen-bond acceptors (Lipinski definition) is 5. The number of morpholine rings is 1. The van der Waals surface area contributed by atoms with Gasteiger partial charge in [0.25, 0.3) is 0 Å². The van der Waals surface area contributed by atoms with Crippen LogP contribution in [0.4, 0.5) is 0 Å². The second kappa shape index (κ2) is 4.64. The third-order valence-corrected chi connectivity index (χ3v) is 2.45. The van der Waals surface area contributed by atoms with Crippen molar-refractivity contribution in [2.75, 3.05) is 26.4 Å². The predicted molar refractivity (Wildman–Crippen MR) is 40.9 cm³/mol. The predicted octanol–water partition coefficient (Wildman–Crippen LogP) is -5.11. The molecule has 2 aliphatic rings. The van der Waals surface area contributed by atoms with Crippen molar-refractivity contribution in [1.82, 2.24) is 5.32 Å². The number of carbonyl (C=O) groups excluding carboxylic acids is 1. The fraction of sp³-hybridized carbons (Fsp3) is 0.875. The molecule has 2 fully saturated rings. The van der Waals surface area contributed by atoms with Gasteiger partial charge in [-0.3, -0.25) is 0 Å². The molecule has 1 N–H and O–H groups in total. The standard InChI is InChI=1S/C8H13NO4.Li/c10-7(11)1-6-2-9-8(5-13-6)3-12-4-8;/h6,9H,1-5H2,(H,10,11);/q;+1/p-1. The van der Waals surface area contributed by atoms with Gasteiger partial charge in [-0.15, -0.1) is 0 Å². The summed E-state index contributed by atoms with van der Waals surface area (Å²) in [4.78, 5) is 10.3. The summed E-state index contributed by atoms with van der Waals surface area (Å²) < 4.78 is 10.4. The summed E-state index contributed by atoms with van der Waals surface area (Å²) in [7, 11) is 0. The van der Waals surface area contributed by atoms with Crippen LogP contribution in [-0.2, 0) is 14.3 Å². The molecule has 74 valence electrons. The molecule has 0 aromatic rings. The summed E-state index contributed by atoms with van der Waals surface area (Å²) in [5, 5.41) is 13.5. The van der Waals surface area contributed by atoms with Crippen LogP contribution in [0.15, 0.2) is 0 Å². The molecule has 1 atom stereocenters. The number of nitrogens with one attached hydrogen (secondary N) is 1. The summed E-state index contributed by atoms with van der Waals surface area (Å²) in [6, 6.07) is 0. The molecule has 0 amide bonds. The Morgan fingerprint density at radius 3 is 2.57 bits per heavy atom. The van der Waals surface area contributed by atoms with Crippen LogP contribution in [0.1, 0.15) is 6.42 Å². The van der Waals surface area contributed by atoms with E-state index < -0.39 is 5.97 Å². The maximum atomic E-state index is 10.3.